The smallest absolute Gasteiger partial charge is 0.346 e. The Labute approximate surface area is 151 Å². The van der Waals surface area contributed by atoms with Gasteiger partial charge in [0.1, 0.15) is 5.65 Å². The van der Waals surface area contributed by atoms with Crippen LogP contribution in [0.4, 0.5) is 17.2 Å². The number of rotatable bonds is 3. The molecule has 0 atom stereocenters. The third-order valence-electron chi connectivity index (χ3n) is 4.59. The number of benzene rings is 1. The first kappa shape index (κ1) is 16.6. The molecule has 1 aliphatic rings. The number of nitrogens with zero attached hydrogens (tertiary/aromatic N) is 5. The Hall–Kier alpha value is -3.82. The van der Waals surface area contributed by atoms with E-state index in [-0.39, 0.29) is 18.1 Å². The number of nitro groups is 2. The SMILES string of the molecule is O=c1c([N+](=O)[O-])c(N2CCc3ccc([N+](=O)[O-])cc3C2)nc2ccccn12. The molecule has 0 radical (unpaired) electrons. The van der Waals surface area contributed by atoms with Crippen LogP contribution < -0.4 is 10.5 Å². The summed E-state index contributed by atoms with van der Waals surface area (Å²) in [5.41, 5.74) is 0.527. The lowest BCUT2D eigenvalue weighted by Crippen LogP contribution is -2.34. The summed E-state index contributed by atoms with van der Waals surface area (Å²) in [5, 5.41) is 22.6. The maximum absolute atomic E-state index is 12.6. The van der Waals surface area contributed by atoms with E-state index in [0.29, 0.717) is 24.2 Å². The number of aromatic nitrogens is 2. The molecule has 2 aromatic heterocycles. The first-order chi connectivity index (χ1) is 13.0. The summed E-state index contributed by atoms with van der Waals surface area (Å²) in [6.07, 6.45) is 1.97. The summed E-state index contributed by atoms with van der Waals surface area (Å²) >= 11 is 0. The highest BCUT2D eigenvalue weighted by Crippen LogP contribution is 2.30. The minimum Gasteiger partial charge on any atom is -0.346 e. The standard InChI is InChI=1S/C17H13N5O5/c23-17-15(22(26)27)16(18-14-3-1-2-7-20(14)17)19-8-6-11-4-5-13(21(24)25)9-12(11)10-19/h1-5,7,9H,6,8,10H2. The molecule has 0 spiro atoms. The van der Waals surface area contributed by atoms with Gasteiger partial charge < -0.3 is 4.90 Å². The zero-order valence-electron chi connectivity index (χ0n) is 13.9. The topological polar surface area (TPSA) is 124 Å². The van der Waals surface area contributed by atoms with E-state index in [1.54, 1.807) is 29.2 Å². The summed E-state index contributed by atoms with van der Waals surface area (Å²) < 4.78 is 1.13. The number of hydrogen-bond donors (Lipinski definition) is 0. The molecule has 10 heteroatoms. The predicted octanol–water partition coefficient (Wildman–Crippen LogP) is 2.07. The van der Waals surface area contributed by atoms with Crippen molar-refractivity contribution in [3.8, 4) is 0 Å². The van der Waals surface area contributed by atoms with Crippen molar-refractivity contribution in [1.82, 2.24) is 9.38 Å². The predicted molar refractivity (Wildman–Crippen MR) is 96.0 cm³/mol. The van der Waals surface area contributed by atoms with Gasteiger partial charge in [0.2, 0.25) is 5.82 Å². The summed E-state index contributed by atoms with van der Waals surface area (Å²) in [5.74, 6) is -0.0200. The first-order valence-corrected chi connectivity index (χ1v) is 8.12. The Morgan fingerprint density at radius 3 is 2.59 bits per heavy atom. The molecule has 1 aromatic carbocycles. The van der Waals surface area contributed by atoms with E-state index in [0.717, 1.165) is 9.96 Å². The Balaban J connectivity index is 1.84. The fourth-order valence-corrected chi connectivity index (χ4v) is 3.29. The van der Waals surface area contributed by atoms with Crippen molar-refractivity contribution in [2.75, 3.05) is 11.4 Å². The lowest BCUT2D eigenvalue weighted by molar-refractivity contribution is -0.385. The van der Waals surface area contributed by atoms with Gasteiger partial charge in [-0.15, -0.1) is 0 Å². The second-order valence-electron chi connectivity index (χ2n) is 6.16. The van der Waals surface area contributed by atoms with Gasteiger partial charge in [0.25, 0.3) is 5.69 Å². The highest BCUT2D eigenvalue weighted by atomic mass is 16.6. The van der Waals surface area contributed by atoms with Crippen molar-refractivity contribution in [3.05, 3.63) is 84.3 Å². The molecule has 0 bridgehead atoms. The number of pyridine rings is 1. The van der Waals surface area contributed by atoms with Crippen LogP contribution in [0, 0.1) is 20.2 Å². The molecule has 27 heavy (non-hydrogen) atoms. The molecule has 0 fully saturated rings. The largest absolute Gasteiger partial charge is 0.376 e. The van der Waals surface area contributed by atoms with Crippen molar-refractivity contribution in [2.45, 2.75) is 13.0 Å². The quantitative estimate of drug-likeness (QED) is 0.512. The third-order valence-corrected chi connectivity index (χ3v) is 4.59. The minimum absolute atomic E-state index is 0.0200. The van der Waals surface area contributed by atoms with E-state index < -0.39 is 21.1 Å². The molecule has 136 valence electrons. The van der Waals surface area contributed by atoms with Crippen LogP contribution in [0.2, 0.25) is 0 Å². The van der Waals surface area contributed by atoms with E-state index in [2.05, 4.69) is 4.98 Å². The van der Waals surface area contributed by atoms with Crippen LogP contribution in [0.3, 0.4) is 0 Å². The van der Waals surface area contributed by atoms with E-state index in [1.165, 1.54) is 18.3 Å². The van der Waals surface area contributed by atoms with Crippen molar-refractivity contribution < 1.29 is 9.85 Å². The van der Waals surface area contributed by atoms with Gasteiger partial charge in [-0.3, -0.25) is 29.4 Å². The maximum atomic E-state index is 12.6. The number of fused-ring (bicyclic) bond motifs is 2. The lowest BCUT2D eigenvalue weighted by atomic mass is 9.99. The highest BCUT2D eigenvalue weighted by Gasteiger charge is 2.30. The normalized spacial score (nSPS) is 13.4. The molecule has 1 aliphatic heterocycles. The summed E-state index contributed by atoms with van der Waals surface area (Å²) in [6, 6.07) is 9.47. The molecule has 3 heterocycles. The number of anilines is 1. The van der Waals surface area contributed by atoms with Gasteiger partial charge in [-0.05, 0) is 29.7 Å². The van der Waals surface area contributed by atoms with Gasteiger partial charge in [-0.1, -0.05) is 12.1 Å². The first-order valence-electron chi connectivity index (χ1n) is 8.12. The summed E-state index contributed by atoms with van der Waals surface area (Å²) in [7, 11) is 0. The maximum Gasteiger partial charge on any atom is 0.376 e. The van der Waals surface area contributed by atoms with Crippen LogP contribution in [-0.4, -0.2) is 25.8 Å². The number of hydrogen-bond acceptors (Lipinski definition) is 7. The van der Waals surface area contributed by atoms with Gasteiger partial charge in [0.15, 0.2) is 0 Å². The van der Waals surface area contributed by atoms with Crippen LogP contribution in [-0.2, 0) is 13.0 Å². The zero-order valence-corrected chi connectivity index (χ0v) is 13.9. The minimum atomic E-state index is -0.759. The van der Waals surface area contributed by atoms with E-state index in [1.807, 2.05) is 0 Å². The molecule has 0 saturated carbocycles. The Morgan fingerprint density at radius 2 is 1.85 bits per heavy atom. The average molecular weight is 367 g/mol. The second-order valence-corrected chi connectivity index (χ2v) is 6.16. The van der Waals surface area contributed by atoms with Gasteiger partial charge in [-0.25, -0.2) is 4.98 Å². The highest BCUT2D eigenvalue weighted by molar-refractivity contribution is 5.62. The molecule has 0 unspecified atom stereocenters. The molecular weight excluding hydrogens is 354 g/mol. The fraction of sp³-hybridized carbons (Fsp3) is 0.176. The summed E-state index contributed by atoms with van der Waals surface area (Å²) in [6.45, 7) is 0.619. The average Bonchev–Trinajstić information content (AvgIpc) is 2.66. The number of nitro benzene ring substituents is 1. The molecule has 0 amide bonds. The van der Waals surface area contributed by atoms with E-state index in [4.69, 9.17) is 0 Å². The van der Waals surface area contributed by atoms with Crippen molar-refractivity contribution in [2.24, 2.45) is 0 Å². The monoisotopic (exact) mass is 367 g/mol. The van der Waals surface area contributed by atoms with Crippen molar-refractivity contribution in [3.63, 3.8) is 0 Å². The lowest BCUT2D eigenvalue weighted by Gasteiger charge is -2.29. The van der Waals surface area contributed by atoms with Crippen LogP contribution in [0.15, 0.2) is 47.4 Å². The van der Waals surface area contributed by atoms with Crippen LogP contribution in [0.5, 0.6) is 0 Å². The van der Waals surface area contributed by atoms with E-state index >= 15 is 0 Å². The van der Waals surface area contributed by atoms with Gasteiger partial charge in [0.05, 0.1) is 9.85 Å². The molecule has 0 saturated heterocycles. The van der Waals surface area contributed by atoms with Gasteiger partial charge >= 0.3 is 11.2 Å². The summed E-state index contributed by atoms with van der Waals surface area (Å²) in [4.78, 5) is 39.9. The van der Waals surface area contributed by atoms with Crippen molar-refractivity contribution in [1.29, 1.82) is 0 Å². The Kier molecular flexibility index (Phi) is 3.80. The third kappa shape index (κ3) is 2.76. The van der Waals surface area contributed by atoms with Gasteiger partial charge in [-0.2, -0.15) is 0 Å². The molecule has 10 nitrogen and oxygen atoms in total. The van der Waals surface area contributed by atoms with Crippen LogP contribution >= 0.6 is 0 Å². The molecule has 0 aliphatic carbocycles. The fourth-order valence-electron chi connectivity index (χ4n) is 3.29. The molecule has 4 rings (SSSR count). The van der Waals surface area contributed by atoms with E-state index in [9.17, 15) is 25.0 Å². The molecule has 0 N–H and O–H groups in total. The van der Waals surface area contributed by atoms with Gasteiger partial charge in [0, 0.05) is 31.4 Å². The molecule has 3 aromatic rings. The zero-order chi connectivity index (χ0) is 19.1. The second kappa shape index (κ2) is 6.16. The Morgan fingerprint density at radius 1 is 1.04 bits per heavy atom. The Bertz CT molecular complexity index is 1160. The molecular formula is C17H13N5O5. The van der Waals surface area contributed by atoms with Crippen molar-refractivity contribution >= 4 is 22.8 Å². The van der Waals surface area contributed by atoms with Crippen LogP contribution in [0.25, 0.3) is 5.65 Å². The number of non-ortho nitro benzene ring substituents is 1. The van der Waals surface area contributed by atoms with Crippen LogP contribution in [0.1, 0.15) is 11.1 Å².